The smallest absolute Gasteiger partial charge is 0.140 e. The highest BCUT2D eigenvalue weighted by atomic mass is 15.7. The molecule has 0 fully saturated rings. The lowest BCUT2D eigenvalue weighted by atomic mass is 11.0. The summed E-state index contributed by atoms with van der Waals surface area (Å²) in [7, 11) is 0. The Hall–Kier alpha value is -1.86. The molecule has 8 heteroatoms. The van der Waals surface area contributed by atoms with Gasteiger partial charge < -0.3 is 0 Å². The molecule has 0 saturated carbocycles. The van der Waals surface area contributed by atoms with Crippen LogP contribution in [0.3, 0.4) is 0 Å². The summed E-state index contributed by atoms with van der Waals surface area (Å²) in [5.41, 5.74) is 2.49. The van der Waals surface area contributed by atoms with Gasteiger partial charge in [-0.3, -0.25) is 0 Å². The van der Waals surface area contributed by atoms with E-state index in [1.807, 2.05) is 0 Å². The van der Waals surface area contributed by atoms with E-state index in [2.05, 4.69) is 36.5 Å². The van der Waals surface area contributed by atoms with Gasteiger partial charge in [0.15, 0.2) is 5.22 Å². The molecule has 49 valence electrons. The number of aromatic nitrogens is 4. The van der Waals surface area contributed by atoms with Crippen LogP contribution in [0.1, 0.15) is 0 Å². The summed E-state index contributed by atoms with van der Waals surface area (Å²) in [6.07, 6.45) is 1.39. The summed E-state index contributed by atoms with van der Waals surface area (Å²) in [6, 6.07) is 0. The van der Waals surface area contributed by atoms with Crippen LogP contribution in [-0.2, 0) is 0 Å². The molecule has 0 spiro atoms. The monoisotopic (exact) mass is 138 g/mol. The fourth-order valence-electron chi connectivity index (χ4n) is 0.510. The standard InChI is InChI=1S/C2H2N8/c1-3-6-9-10(1)2-4-7-8-5-2/h1H,(H,4,5,7)/q+1. The molecule has 1 N–H and O–H groups in total. The van der Waals surface area contributed by atoms with Crippen LogP contribution in [0.4, 0.5) is 0 Å². The third-order valence-electron chi connectivity index (χ3n) is 0.900. The molecule has 1 aliphatic heterocycles. The minimum absolute atomic E-state index is 0.394. The molecule has 0 atom stereocenters. The van der Waals surface area contributed by atoms with E-state index in [1.54, 1.807) is 0 Å². The first-order valence-electron chi connectivity index (χ1n) is 2.44. The Bertz CT molecular complexity index is 267. The zero-order chi connectivity index (χ0) is 6.81. The Labute approximate surface area is 54.6 Å². The van der Waals surface area contributed by atoms with Crippen LogP contribution in [0.25, 0.3) is 0 Å². The Morgan fingerprint density at radius 1 is 1.60 bits per heavy atom. The minimum atomic E-state index is 0.394. The highest BCUT2D eigenvalue weighted by molar-refractivity contribution is 5.80. The summed E-state index contributed by atoms with van der Waals surface area (Å²) in [4.78, 5) is 0. The molecule has 1 radical (unpaired) electrons. The summed E-state index contributed by atoms with van der Waals surface area (Å²) < 4.78 is 1.32. The molecule has 1 aromatic heterocycles. The second-order valence-electron chi connectivity index (χ2n) is 1.48. The lowest BCUT2D eigenvalue weighted by molar-refractivity contribution is 0.762. The number of nitrogens with zero attached hydrogens (tertiary/aromatic N) is 7. The summed E-state index contributed by atoms with van der Waals surface area (Å²) in [5, 5.41) is 20.6. The van der Waals surface area contributed by atoms with Gasteiger partial charge >= 0.3 is 5.96 Å². The summed E-state index contributed by atoms with van der Waals surface area (Å²) in [6.45, 7) is 0. The van der Waals surface area contributed by atoms with Gasteiger partial charge in [0.2, 0.25) is 5.22 Å². The minimum Gasteiger partial charge on any atom is -0.140 e. The van der Waals surface area contributed by atoms with Crippen LogP contribution in [0.15, 0.2) is 16.7 Å². The largest absolute Gasteiger partial charge is 0.411 e. The Balaban J connectivity index is 2.30. The molecule has 2 rings (SSSR count). The van der Waals surface area contributed by atoms with Crippen molar-refractivity contribution in [3.8, 4) is 0 Å². The van der Waals surface area contributed by atoms with Gasteiger partial charge in [0.25, 0.3) is 0 Å². The highest BCUT2D eigenvalue weighted by Crippen LogP contribution is 1.82. The van der Waals surface area contributed by atoms with Crippen LogP contribution in [0, 0.1) is 0 Å². The maximum Gasteiger partial charge on any atom is 0.411 e. The van der Waals surface area contributed by atoms with Crippen LogP contribution in [0.5, 0.6) is 0 Å². The number of nitrogens with one attached hydrogen (secondary N) is 1. The molecule has 1 aliphatic rings. The van der Waals surface area contributed by atoms with E-state index in [0.717, 1.165) is 0 Å². The van der Waals surface area contributed by atoms with Gasteiger partial charge in [-0.15, -0.1) is 15.2 Å². The molecular weight excluding hydrogens is 136 g/mol. The maximum atomic E-state index is 3.56. The summed E-state index contributed by atoms with van der Waals surface area (Å²) >= 11 is 0. The van der Waals surface area contributed by atoms with Crippen molar-refractivity contribution in [3.63, 3.8) is 0 Å². The third kappa shape index (κ3) is 0.623. The van der Waals surface area contributed by atoms with E-state index in [0.29, 0.717) is 5.96 Å². The van der Waals surface area contributed by atoms with E-state index < -0.39 is 0 Å². The molecular formula is C2H2N8+. The Kier molecular flexibility index (Phi) is 0.907. The zero-order valence-corrected chi connectivity index (χ0v) is 4.71. The lowest BCUT2D eigenvalue weighted by Gasteiger charge is -1.82. The number of tetrazole rings is 1. The van der Waals surface area contributed by atoms with E-state index in [4.69, 9.17) is 0 Å². The average molecular weight is 138 g/mol. The predicted octanol–water partition coefficient (Wildman–Crippen LogP) is -1.90. The van der Waals surface area contributed by atoms with Crippen molar-refractivity contribution in [2.24, 2.45) is 10.3 Å². The van der Waals surface area contributed by atoms with Crippen LogP contribution >= 0.6 is 0 Å². The molecule has 2 heterocycles. The lowest BCUT2D eigenvalue weighted by Crippen LogP contribution is -2.27. The molecule has 0 unspecified atom stereocenters. The van der Waals surface area contributed by atoms with Crippen molar-refractivity contribution in [1.29, 1.82) is 0 Å². The first-order valence-corrected chi connectivity index (χ1v) is 2.44. The number of hydrogen-bond donors (Lipinski definition) is 1. The first kappa shape index (κ1) is 4.97. The Morgan fingerprint density at radius 2 is 2.60 bits per heavy atom. The fraction of sp³-hybridized carbons (Fsp3) is 0. The molecule has 0 saturated heterocycles. The molecule has 0 amide bonds. The van der Waals surface area contributed by atoms with Crippen molar-refractivity contribution in [2.45, 2.75) is 0 Å². The van der Waals surface area contributed by atoms with Crippen LogP contribution in [-0.4, -0.2) is 26.2 Å². The molecule has 8 nitrogen and oxygen atoms in total. The van der Waals surface area contributed by atoms with E-state index in [1.165, 1.54) is 11.0 Å². The van der Waals surface area contributed by atoms with Crippen molar-refractivity contribution < 1.29 is 0 Å². The van der Waals surface area contributed by atoms with E-state index in [-0.39, 0.29) is 0 Å². The van der Waals surface area contributed by atoms with Crippen molar-refractivity contribution >= 4 is 5.96 Å². The SMILES string of the molecule is c1nnnn1C1=NN=[N+]N1. The van der Waals surface area contributed by atoms with Gasteiger partial charge in [0.05, 0.1) is 0 Å². The van der Waals surface area contributed by atoms with Gasteiger partial charge in [-0.05, 0) is 10.4 Å². The maximum absolute atomic E-state index is 3.56. The van der Waals surface area contributed by atoms with Crippen LogP contribution in [0.2, 0.25) is 0 Å². The van der Waals surface area contributed by atoms with E-state index >= 15 is 0 Å². The zero-order valence-electron chi connectivity index (χ0n) is 4.71. The fourth-order valence-corrected chi connectivity index (χ4v) is 0.510. The normalized spacial score (nSPS) is 15.0. The first-order chi connectivity index (χ1) is 4.97. The topological polar surface area (TPSA) is 94.4 Å². The van der Waals surface area contributed by atoms with Gasteiger partial charge in [-0.25, -0.2) is 0 Å². The van der Waals surface area contributed by atoms with Crippen molar-refractivity contribution in [2.75, 3.05) is 0 Å². The average Bonchev–Trinajstić information content (AvgIpc) is 2.59. The highest BCUT2D eigenvalue weighted by Gasteiger charge is 2.17. The van der Waals surface area contributed by atoms with Gasteiger partial charge in [0.1, 0.15) is 11.4 Å². The molecule has 1 aromatic rings. The van der Waals surface area contributed by atoms with Crippen molar-refractivity contribution in [3.05, 3.63) is 6.33 Å². The Morgan fingerprint density at radius 3 is 3.20 bits per heavy atom. The second-order valence-corrected chi connectivity index (χ2v) is 1.48. The summed E-state index contributed by atoms with van der Waals surface area (Å²) in [5.74, 6) is 0.394. The number of rotatable bonds is 0. The van der Waals surface area contributed by atoms with Gasteiger partial charge in [0, 0.05) is 0 Å². The van der Waals surface area contributed by atoms with Crippen LogP contribution < -0.4 is 10.6 Å². The van der Waals surface area contributed by atoms with Gasteiger partial charge in [-0.1, -0.05) is 0 Å². The molecule has 0 bridgehead atoms. The quantitative estimate of drug-likeness (QED) is 0.453. The molecule has 0 aliphatic carbocycles. The van der Waals surface area contributed by atoms with Crippen molar-refractivity contribution in [1.82, 2.24) is 30.9 Å². The van der Waals surface area contributed by atoms with E-state index in [9.17, 15) is 0 Å². The third-order valence-corrected chi connectivity index (χ3v) is 0.900. The molecule has 10 heavy (non-hydrogen) atoms. The molecule has 0 aromatic carbocycles. The number of hydrogen-bond acceptors (Lipinski definition) is 7. The second kappa shape index (κ2) is 1.83. The van der Waals surface area contributed by atoms with Gasteiger partial charge in [-0.2, -0.15) is 0 Å². The predicted molar refractivity (Wildman–Crippen MR) is 28.3 cm³/mol.